The molecule has 0 aliphatic carbocycles. The summed E-state index contributed by atoms with van der Waals surface area (Å²) in [6.45, 7) is 1.97. The van der Waals surface area contributed by atoms with E-state index in [1.165, 1.54) is 11.8 Å². The predicted molar refractivity (Wildman–Crippen MR) is 96.5 cm³/mol. The molecule has 1 N–H and O–H groups in total. The van der Waals surface area contributed by atoms with Gasteiger partial charge in [0.05, 0.1) is 15.3 Å². The first-order valence-corrected chi connectivity index (χ1v) is 8.69. The average Bonchev–Trinajstić information content (AvgIpc) is 2.50. The zero-order valence-corrected chi connectivity index (χ0v) is 14.9. The summed E-state index contributed by atoms with van der Waals surface area (Å²) in [7, 11) is 0. The van der Waals surface area contributed by atoms with Crippen molar-refractivity contribution in [3.05, 3.63) is 57.5 Å². The molecule has 0 fully saturated rings. The second-order valence-corrected chi connectivity index (χ2v) is 7.11. The van der Waals surface area contributed by atoms with Crippen LogP contribution in [-0.2, 0) is 4.79 Å². The van der Waals surface area contributed by atoms with Gasteiger partial charge in [-0.1, -0.05) is 41.7 Å². The molecule has 1 amide bonds. The molecule has 2 aromatic carbocycles. The van der Waals surface area contributed by atoms with Gasteiger partial charge in [-0.2, -0.15) is 0 Å². The lowest BCUT2D eigenvalue weighted by Gasteiger charge is -2.15. The second kappa shape index (κ2) is 8.11. The third-order valence-electron chi connectivity index (χ3n) is 2.94. The zero-order chi connectivity index (χ0) is 16.1. The number of amides is 1. The van der Waals surface area contributed by atoms with Crippen LogP contribution in [0.3, 0.4) is 0 Å². The van der Waals surface area contributed by atoms with E-state index in [1.807, 2.05) is 31.2 Å². The van der Waals surface area contributed by atoms with Gasteiger partial charge in [0.15, 0.2) is 0 Å². The molecule has 2 aromatic rings. The average molecular weight is 375 g/mol. The van der Waals surface area contributed by atoms with Crippen molar-refractivity contribution in [2.45, 2.75) is 23.5 Å². The predicted octanol–water partition coefficient (Wildman–Crippen LogP) is 6.16. The number of thioether (sulfide) groups is 1. The smallest absolute Gasteiger partial charge is 0.237 e. The Morgan fingerprint density at radius 1 is 1.09 bits per heavy atom. The number of hydrogen-bond donors (Lipinski definition) is 1. The number of hydrogen-bond acceptors (Lipinski definition) is 2. The van der Waals surface area contributed by atoms with Gasteiger partial charge < -0.3 is 5.32 Å². The molecule has 0 unspecified atom stereocenters. The number of anilines is 1. The van der Waals surface area contributed by atoms with Crippen molar-refractivity contribution in [1.82, 2.24) is 0 Å². The number of carbonyl (C=O) groups excluding carboxylic acids is 1. The van der Waals surface area contributed by atoms with Crippen LogP contribution in [0.25, 0.3) is 0 Å². The molecular weight excluding hydrogens is 361 g/mol. The Morgan fingerprint density at radius 2 is 1.77 bits per heavy atom. The van der Waals surface area contributed by atoms with Crippen LogP contribution in [0.5, 0.6) is 0 Å². The minimum atomic E-state index is -0.198. The molecule has 0 saturated carbocycles. The van der Waals surface area contributed by atoms with E-state index in [0.29, 0.717) is 27.2 Å². The van der Waals surface area contributed by atoms with Crippen LogP contribution in [0.1, 0.15) is 13.3 Å². The fourth-order valence-corrected chi connectivity index (χ4v) is 3.17. The summed E-state index contributed by atoms with van der Waals surface area (Å²) >= 11 is 19.2. The largest absolute Gasteiger partial charge is 0.325 e. The first kappa shape index (κ1) is 17.5. The molecule has 0 saturated heterocycles. The SMILES string of the molecule is CC[C@@H](Sc1ccc(Cl)cc1)C(=O)Nc1ccc(Cl)c(Cl)c1. The van der Waals surface area contributed by atoms with E-state index in [2.05, 4.69) is 5.32 Å². The molecule has 1 atom stereocenters. The molecule has 0 heterocycles. The van der Waals surface area contributed by atoms with Gasteiger partial charge in [0.25, 0.3) is 0 Å². The van der Waals surface area contributed by atoms with E-state index in [4.69, 9.17) is 34.8 Å². The molecular formula is C16H14Cl3NOS. The highest BCUT2D eigenvalue weighted by atomic mass is 35.5. The van der Waals surface area contributed by atoms with Crippen LogP contribution in [0.4, 0.5) is 5.69 Å². The Balaban J connectivity index is 2.04. The van der Waals surface area contributed by atoms with E-state index in [0.717, 1.165) is 4.90 Å². The quantitative estimate of drug-likeness (QED) is 0.635. The molecule has 116 valence electrons. The minimum Gasteiger partial charge on any atom is -0.325 e. The fourth-order valence-electron chi connectivity index (χ4n) is 1.80. The Labute approximate surface area is 149 Å². The first-order valence-electron chi connectivity index (χ1n) is 6.67. The number of benzene rings is 2. The number of nitrogens with one attached hydrogen (secondary N) is 1. The molecule has 2 rings (SSSR count). The van der Waals surface area contributed by atoms with Crippen LogP contribution in [0, 0.1) is 0 Å². The van der Waals surface area contributed by atoms with Crippen LogP contribution in [0.15, 0.2) is 47.4 Å². The second-order valence-electron chi connectivity index (χ2n) is 4.59. The minimum absolute atomic E-state index is 0.0687. The van der Waals surface area contributed by atoms with Gasteiger partial charge in [-0.3, -0.25) is 4.79 Å². The van der Waals surface area contributed by atoms with Crippen LogP contribution in [0.2, 0.25) is 15.1 Å². The van der Waals surface area contributed by atoms with Gasteiger partial charge in [-0.25, -0.2) is 0 Å². The lowest BCUT2D eigenvalue weighted by Crippen LogP contribution is -2.24. The maximum atomic E-state index is 12.4. The lowest BCUT2D eigenvalue weighted by atomic mass is 10.2. The summed E-state index contributed by atoms with van der Waals surface area (Å²) in [5, 5.41) is 4.22. The van der Waals surface area contributed by atoms with E-state index < -0.39 is 0 Å². The lowest BCUT2D eigenvalue weighted by molar-refractivity contribution is -0.115. The van der Waals surface area contributed by atoms with Crippen LogP contribution < -0.4 is 5.32 Å². The number of halogens is 3. The van der Waals surface area contributed by atoms with E-state index in [9.17, 15) is 4.79 Å². The van der Waals surface area contributed by atoms with Crippen LogP contribution >= 0.6 is 46.6 Å². The van der Waals surface area contributed by atoms with Gasteiger partial charge in [0.1, 0.15) is 0 Å². The van der Waals surface area contributed by atoms with Crippen molar-refractivity contribution in [2.75, 3.05) is 5.32 Å². The molecule has 2 nitrogen and oxygen atoms in total. The van der Waals surface area contributed by atoms with Crippen molar-refractivity contribution >= 4 is 58.2 Å². The van der Waals surface area contributed by atoms with Gasteiger partial charge in [0.2, 0.25) is 5.91 Å². The van der Waals surface area contributed by atoms with Crippen molar-refractivity contribution in [3.63, 3.8) is 0 Å². The number of rotatable bonds is 5. The number of carbonyl (C=O) groups is 1. The first-order chi connectivity index (χ1) is 10.5. The highest BCUT2D eigenvalue weighted by Gasteiger charge is 2.18. The van der Waals surface area contributed by atoms with Crippen molar-refractivity contribution in [2.24, 2.45) is 0 Å². The molecule has 22 heavy (non-hydrogen) atoms. The third kappa shape index (κ3) is 4.82. The summed E-state index contributed by atoms with van der Waals surface area (Å²) in [5.41, 5.74) is 0.634. The summed E-state index contributed by atoms with van der Waals surface area (Å²) in [6.07, 6.45) is 0.709. The monoisotopic (exact) mass is 373 g/mol. The van der Waals surface area contributed by atoms with E-state index in [-0.39, 0.29) is 11.2 Å². The molecule has 0 aliphatic heterocycles. The summed E-state index contributed by atoms with van der Waals surface area (Å²) in [6, 6.07) is 12.5. The fraction of sp³-hybridized carbons (Fsp3) is 0.188. The Kier molecular flexibility index (Phi) is 6.45. The molecule has 0 aromatic heterocycles. The summed E-state index contributed by atoms with van der Waals surface area (Å²) in [4.78, 5) is 13.4. The topological polar surface area (TPSA) is 29.1 Å². The third-order valence-corrected chi connectivity index (χ3v) is 5.31. The highest BCUT2D eigenvalue weighted by molar-refractivity contribution is 8.00. The van der Waals surface area contributed by atoms with E-state index >= 15 is 0 Å². The molecule has 0 aliphatic rings. The van der Waals surface area contributed by atoms with Crippen LogP contribution in [-0.4, -0.2) is 11.2 Å². The van der Waals surface area contributed by atoms with Crippen molar-refractivity contribution < 1.29 is 4.79 Å². The van der Waals surface area contributed by atoms with Gasteiger partial charge >= 0.3 is 0 Å². The van der Waals surface area contributed by atoms with Gasteiger partial charge in [0, 0.05) is 15.6 Å². The summed E-state index contributed by atoms with van der Waals surface area (Å²) < 4.78 is 0. The van der Waals surface area contributed by atoms with Gasteiger partial charge in [-0.05, 0) is 48.9 Å². The Bertz CT molecular complexity index is 661. The molecule has 0 radical (unpaired) electrons. The molecule has 6 heteroatoms. The summed E-state index contributed by atoms with van der Waals surface area (Å²) in [5.74, 6) is -0.0687. The normalized spacial score (nSPS) is 12.0. The molecule has 0 bridgehead atoms. The van der Waals surface area contributed by atoms with Crippen molar-refractivity contribution in [3.8, 4) is 0 Å². The highest BCUT2D eigenvalue weighted by Crippen LogP contribution is 2.29. The maximum Gasteiger partial charge on any atom is 0.237 e. The zero-order valence-electron chi connectivity index (χ0n) is 11.8. The van der Waals surface area contributed by atoms with E-state index in [1.54, 1.807) is 18.2 Å². The standard InChI is InChI=1S/C16H14Cl3NOS/c1-2-15(22-12-6-3-10(17)4-7-12)16(21)20-11-5-8-13(18)14(19)9-11/h3-9,15H,2H2,1H3,(H,20,21)/t15-/m1/s1. The Morgan fingerprint density at radius 3 is 2.36 bits per heavy atom. The molecule has 0 spiro atoms. The van der Waals surface area contributed by atoms with Gasteiger partial charge in [-0.15, -0.1) is 11.8 Å². The van der Waals surface area contributed by atoms with Crippen molar-refractivity contribution in [1.29, 1.82) is 0 Å². The maximum absolute atomic E-state index is 12.4. The Hall–Kier alpha value is -0.870.